The summed E-state index contributed by atoms with van der Waals surface area (Å²) in [4.78, 5) is 37.5. The highest BCUT2D eigenvalue weighted by molar-refractivity contribution is 6.32. The van der Waals surface area contributed by atoms with Crippen molar-refractivity contribution < 1.29 is 109 Å². The predicted molar refractivity (Wildman–Crippen MR) is 393 cm³/mol. The molecule has 0 radical (unpaired) electrons. The lowest BCUT2D eigenvalue weighted by atomic mass is 9.82. The molecule has 0 aliphatic carbocycles. The first-order valence-corrected chi connectivity index (χ1v) is 37.8. The summed E-state index contributed by atoms with van der Waals surface area (Å²) < 4.78 is 48.2. The van der Waals surface area contributed by atoms with Crippen LogP contribution < -0.4 is 33.4 Å². The second-order valence-corrected chi connectivity index (χ2v) is 29.2. The predicted octanol–water partition coefficient (Wildman–Crippen LogP) is -3.13. The Morgan fingerprint density at radius 1 is 0.579 bits per heavy atom. The Bertz CT molecular complexity index is 2810. The molecular formula is C70H129N15O22. The SMILES string of the molecule is CC(=O)N[C@H]1[C@H](OCCCCCN=CC(CN(CCCCC(N(CC(C=NCCCCCO[C@@H]2O[C@H](CO)[C@H](O)[C@H](O)[C@H]2C)=NN)/C(N)=C/NCCCCCO[C@@H]2O[C@H](CO)[C@H](O)[C@H](O)[C@H]2NC(C)=O)C(C)(C)C)Cc2cn(CCCCCO[C@@H]3O[C@H](CO)[C@H](O)[C@H](O)[C@H]3C)nn2)=NN)O[C@H](CO)[C@H](O)[C@@H]1O. The van der Waals surface area contributed by atoms with Gasteiger partial charge in [-0.1, -0.05) is 46.3 Å². The van der Waals surface area contributed by atoms with E-state index in [1.54, 1.807) is 37.2 Å². The number of nitrogens with zero attached hydrogens (tertiary/aromatic N) is 9. The van der Waals surface area contributed by atoms with Crippen LogP contribution in [0.5, 0.6) is 0 Å². The number of rotatable bonds is 50. The summed E-state index contributed by atoms with van der Waals surface area (Å²) in [6, 6.07) is -2.25. The Kier molecular flexibility index (Phi) is 42.4. The van der Waals surface area contributed by atoms with E-state index in [2.05, 4.69) is 72.0 Å². The van der Waals surface area contributed by atoms with Crippen molar-refractivity contribution in [2.75, 3.05) is 92.1 Å². The van der Waals surface area contributed by atoms with Crippen LogP contribution in [0.4, 0.5) is 0 Å². The first-order valence-electron chi connectivity index (χ1n) is 37.8. The monoisotopic (exact) mass is 1530 g/mol. The number of unbranched alkanes of at least 4 members (excludes halogenated alkanes) is 9. The molecule has 1 aromatic rings. The van der Waals surface area contributed by atoms with Crippen molar-refractivity contribution in [2.45, 2.75) is 274 Å². The van der Waals surface area contributed by atoms with E-state index < -0.39 is 161 Å². The number of nitrogens with one attached hydrogen (secondary N) is 3. The summed E-state index contributed by atoms with van der Waals surface area (Å²) in [5.74, 6) is 10.7. The Hall–Kier alpha value is -5.34. The first-order chi connectivity index (χ1) is 51.2. The van der Waals surface area contributed by atoms with E-state index in [0.717, 1.165) is 44.2 Å². The fourth-order valence-electron chi connectivity index (χ4n) is 13.2. The molecular weight excluding hydrogens is 1400 g/mol. The fourth-order valence-corrected chi connectivity index (χ4v) is 13.2. The van der Waals surface area contributed by atoms with Gasteiger partial charge in [0, 0.05) is 122 Å². The highest BCUT2D eigenvalue weighted by Gasteiger charge is 2.48. The minimum Gasteiger partial charge on any atom is -0.394 e. The smallest absolute Gasteiger partial charge is 0.217 e. The molecule has 1 unspecified atom stereocenters. The number of carbonyl (C=O) groups is 2. The molecule has 0 aromatic carbocycles. The summed E-state index contributed by atoms with van der Waals surface area (Å²) >= 11 is 0. The van der Waals surface area contributed by atoms with Crippen LogP contribution in [0.3, 0.4) is 0 Å². The minimum absolute atomic E-state index is 0.171. The normalized spacial score (nSPS) is 30.2. The zero-order chi connectivity index (χ0) is 78.6. The zero-order valence-electron chi connectivity index (χ0n) is 63.6. The lowest BCUT2D eigenvalue weighted by molar-refractivity contribution is -0.282. The molecule has 107 heavy (non-hydrogen) atoms. The molecule has 37 nitrogen and oxygen atoms in total. The molecule has 616 valence electrons. The van der Waals surface area contributed by atoms with E-state index in [1.807, 2.05) is 6.20 Å². The number of amides is 2. The van der Waals surface area contributed by atoms with Gasteiger partial charge < -0.3 is 137 Å². The molecule has 5 rings (SSSR count). The quantitative estimate of drug-likeness (QED) is 0.0133. The van der Waals surface area contributed by atoms with Crippen molar-refractivity contribution >= 4 is 35.7 Å². The van der Waals surface area contributed by atoms with Crippen molar-refractivity contribution in [3.05, 3.63) is 23.9 Å². The molecule has 2 amide bonds. The van der Waals surface area contributed by atoms with Crippen molar-refractivity contribution in [1.82, 2.24) is 40.7 Å². The van der Waals surface area contributed by atoms with Gasteiger partial charge in [-0.2, -0.15) is 10.2 Å². The number of ether oxygens (including phenoxy) is 8. The van der Waals surface area contributed by atoms with E-state index in [1.165, 1.54) is 13.8 Å². The third-order valence-electron chi connectivity index (χ3n) is 19.5. The highest BCUT2D eigenvalue weighted by atomic mass is 16.7. The van der Waals surface area contributed by atoms with Crippen LogP contribution in [0.2, 0.25) is 0 Å². The number of aromatic nitrogens is 3. The number of hydrazone groups is 2. The van der Waals surface area contributed by atoms with Crippen LogP contribution in [0.15, 0.2) is 38.4 Å². The van der Waals surface area contributed by atoms with Gasteiger partial charge in [-0.15, -0.1) is 5.10 Å². The topological polar surface area (TPSA) is 552 Å². The summed E-state index contributed by atoms with van der Waals surface area (Å²) in [5, 5.41) is 148. The number of aliphatic hydroxyl groups is 12. The molecule has 4 saturated heterocycles. The van der Waals surface area contributed by atoms with Crippen molar-refractivity contribution in [3.8, 4) is 0 Å². The number of carbonyl (C=O) groups excluding carboxylic acids is 2. The molecule has 4 aliphatic heterocycles. The van der Waals surface area contributed by atoms with Crippen LogP contribution >= 0.6 is 0 Å². The van der Waals surface area contributed by atoms with Crippen LogP contribution in [-0.2, 0) is 60.6 Å². The Balaban J connectivity index is 1.24. The first kappa shape index (κ1) is 92.3. The van der Waals surface area contributed by atoms with Gasteiger partial charge in [0.15, 0.2) is 25.2 Å². The maximum atomic E-state index is 11.9. The van der Waals surface area contributed by atoms with E-state index in [4.69, 9.17) is 60.3 Å². The number of aryl methyl sites for hydroxylation is 1. The van der Waals surface area contributed by atoms with Crippen molar-refractivity contribution in [2.24, 2.45) is 54.9 Å². The minimum atomic E-state index is -1.42. The number of hydrogen-bond acceptors (Lipinski definition) is 34. The number of nitrogens with two attached hydrogens (primary N) is 3. The van der Waals surface area contributed by atoms with Crippen LogP contribution in [0.1, 0.15) is 150 Å². The Morgan fingerprint density at radius 3 is 1.44 bits per heavy atom. The maximum absolute atomic E-state index is 11.9. The molecule has 1 aromatic heterocycles. The molecule has 0 saturated carbocycles. The van der Waals surface area contributed by atoms with E-state index in [9.17, 15) is 70.9 Å². The standard InChI is InChI=1S/C70H129N15O22/c1-43-58(92)60(94)50(39-86)104-66(43)100-28-18-8-13-24-75-33-48(80-73)38-85(55(71)34-76-25-15-10-20-31-103-69-57(78-46(4)91)65(99)63(97)53(42-89)107-69)54(70(5,6)7)22-12-17-26-83(36-49-37-84(82-81-49)27-16-11-21-29-101-67-44(2)59(93)61(95)51(40-87)105-67)35-47(79-72)32-74-23-14-9-19-30-102-68-56(77-45(3)90)64(98)62(96)52(41-88)106-68/h32-34,37,43-44,50-54,56-69,76,86-89,92-99H,8-31,35-36,38-42,71-73H2,1-7H3,(H,77,90)(H,78,91)/b55-34+,74-32?,75-33?,79-47?,80-48?/t43-,44-,50-,51-,52-,53-,54?,56-,57-,58-,59-,60+,61+,62+,63+,64-,65-,66-,67-,68-,69-/m1/s1. The zero-order valence-corrected chi connectivity index (χ0v) is 63.6. The van der Waals surface area contributed by atoms with Gasteiger partial charge in [-0.25, -0.2) is 0 Å². The maximum Gasteiger partial charge on any atom is 0.217 e. The summed E-state index contributed by atoms with van der Waals surface area (Å²) in [5.41, 5.74) is 8.47. The molecule has 4 fully saturated rings. The second kappa shape index (κ2) is 49.1. The average molecular weight is 1530 g/mol. The molecule has 0 bridgehead atoms. The third kappa shape index (κ3) is 30.7. The van der Waals surface area contributed by atoms with E-state index in [0.29, 0.717) is 134 Å². The molecule has 4 aliphatic rings. The molecule has 37 heteroatoms. The average Bonchev–Trinajstić information content (AvgIpc) is 1.51. The third-order valence-corrected chi connectivity index (χ3v) is 19.5. The van der Waals surface area contributed by atoms with Gasteiger partial charge in [-0.05, 0) is 102 Å². The largest absolute Gasteiger partial charge is 0.394 e. The lowest BCUT2D eigenvalue weighted by Gasteiger charge is -2.42. The summed E-state index contributed by atoms with van der Waals surface area (Å²) in [6.45, 7) is 15.1. The van der Waals surface area contributed by atoms with Gasteiger partial charge in [0.05, 0.1) is 62.3 Å². The van der Waals surface area contributed by atoms with Crippen LogP contribution in [-0.4, -0.2) is 330 Å². The lowest BCUT2D eigenvalue weighted by Crippen LogP contribution is -2.64. The second-order valence-electron chi connectivity index (χ2n) is 29.2. The van der Waals surface area contributed by atoms with E-state index >= 15 is 0 Å². The highest BCUT2D eigenvalue weighted by Crippen LogP contribution is 2.32. The van der Waals surface area contributed by atoms with Gasteiger partial charge in [0.2, 0.25) is 11.8 Å². The Morgan fingerprint density at radius 2 is 1.00 bits per heavy atom. The number of hydrogen-bond donors (Lipinski definition) is 18. The van der Waals surface area contributed by atoms with E-state index in [-0.39, 0.29) is 31.2 Å². The molecule has 5 heterocycles. The van der Waals surface area contributed by atoms with Crippen molar-refractivity contribution in [1.29, 1.82) is 0 Å². The van der Waals surface area contributed by atoms with Crippen LogP contribution in [0.25, 0.3) is 0 Å². The number of aliphatic hydroxyl groups excluding tert-OH is 12. The summed E-state index contributed by atoms with van der Waals surface area (Å²) in [6.07, 6.45) is -0.574. The van der Waals surface area contributed by atoms with Crippen molar-refractivity contribution in [3.63, 3.8) is 0 Å². The van der Waals surface area contributed by atoms with Gasteiger partial charge >= 0.3 is 0 Å². The van der Waals surface area contributed by atoms with Gasteiger partial charge in [0.25, 0.3) is 0 Å². The van der Waals surface area contributed by atoms with Gasteiger partial charge in [-0.3, -0.25) is 29.2 Å². The molecule has 21 atom stereocenters. The van der Waals surface area contributed by atoms with Crippen LogP contribution in [0, 0.1) is 17.3 Å². The molecule has 21 N–H and O–H groups in total. The number of aliphatic imine (C=N–C) groups is 2. The fraction of sp³-hybridized carbons (Fsp3) is 0.857. The molecule has 0 spiro atoms. The van der Waals surface area contributed by atoms with Gasteiger partial charge in [0.1, 0.15) is 78.9 Å². The Labute approximate surface area is 628 Å². The summed E-state index contributed by atoms with van der Waals surface area (Å²) in [7, 11) is 0.